The molecular weight excluding hydrogens is 180 g/mol. The molecule has 2 N–H and O–H groups in total. The van der Waals surface area contributed by atoms with E-state index >= 15 is 0 Å². The van der Waals surface area contributed by atoms with Gasteiger partial charge >= 0.3 is 0 Å². The van der Waals surface area contributed by atoms with Crippen molar-refractivity contribution in [3.8, 4) is 0 Å². The summed E-state index contributed by atoms with van der Waals surface area (Å²) in [5.74, 6) is 2.09. The fraction of sp³-hybridized carbons (Fsp3) is 0.900. The molecule has 1 heterocycles. The van der Waals surface area contributed by atoms with Crippen molar-refractivity contribution in [3.05, 3.63) is 0 Å². The monoisotopic (exact) mass is 200 g/mol. The van der Waals surface area contributed by atoms with Crippen molar-refractivity contribution in [1.82, 2.24) is 0 Å². The van der Waals surface area contributed by atoms with Crippen LogP contribution in [0.3, 0.4) is 0 Å². The zero-order chi connectivity index (χ0) is 9.90. The van der Waals surface area contributed by atoms with E-state index in [4.69, 9.17) is 5.73 Å². The van der Waals surface area contributed by atoms with E-state index in [1.165, 1.54) is 18.6 Å². The SMILES string of the molecule is CC(C)(C)C(N)=NCC1CCCS1. The van der Waals surface area contributed by atoms with Gasteiger partial charge in [0.25, 0.3) is 0 Å². The summed E-state index contributed by atoms with van der Waals surface area (Å²) < 4.78 is 0. The lowest BCUT2D eigenvalue weighted by Gasteiger charge is -2.18. The Balaban J connectivity index is 2.38. The molecule has 0 radical (unpaired) electrons. The van der Waals surface area contributed by atoms with E-state index in [1.54, 1.807) is 0 Å². The maximum atomic E-state index is 5.87. The Hall–Kier alpha value is -0.180. The molecule has 0 aromatic heterocycles. The van der Waals surface area contributed by atoms with Gasteiger partial charge in [0.15, 0.2) is 0 Å². The van der Waals surface area contributed by atoms with Gasteiger partial charge in [0.2, 0.25) is 0 Å². The van der Waals surface area contributed by atoms with Crippen molar-refractivity contribution in [3.63, 3.8) is 0 Å². The molecule has 0 aromatic rings. The van der Waals surface area contributed by atoms with Crippen molar-refractivity contribution in [1.29, 1.82) is 0 Å². The zero-order valence-corrected chi connectivity index (χ0v) is 9.66. The van der Waals surface area contributed by atoms with Crippen molar-refractivity contribution < 1.29 is 0 Å². The summed E-state index contributed by atoms with van der Waals surface area (Å²) in [4.78, 5) is 4.45. The number of nitrogens with zero attached hydrogens (tertiary/aromatic N) is 1. The van der Waals surface area contributed by atoms with Gasteiger partial charge in [-0.05, 0) is 18.6 Å². The van der Waals surface area contributed by atoms with Crippen molar-refractivity contribution in [2.45, 2.75) is 38.9 Å². The Bertz CT molecular complexity index is 188. The Morgan fingerprint density at radius 3 is 2.69 bits per heavy atom. The van der Waals surface area contributed by atoms with Gasteiger partial charge in [0, 0.05) is 10.7 Å². The first-order chi connectivity index (χ1) is 6.00. The Morgan fingerprint density at radius 1 is 1.54 bits per heavy atom. The molecule has 1 fully saturated rings. The van der Waals surface area contributed by atoms with Crippen molar-refractivity contribution in [2.24, 2.45) is 16.1 Å². The zero-order valence-electron chi connectivity index (χ0n) is 8.84. The fourth-order valence-electron chi connectivity index (χ4n) is 1.23. The van der Waals surface area contributed by atoms with Crippen LogP contribution in [0.2, 0.25) is 0 Å². The molecule has 1 rings (SSSR count). The summed E-state index contributed by atoms with van der Waals surface area (Å²) in [6, 6.07) is 0. The normalized spacial score (nSPS) is 25.2. The molecule has 0 amide bonds. The minimum Gasteiger partial charge on any atom is -0.387 e. The maximum absolute atomic E-state index is 5.87. The van der Waals surface area contributed by atoms with Crippen molar-refractivity contribution in [2.75, 3.05) is 12.3 Å². The molecule has 1 saturated heterocycles. The van der Waals surface area contributed by atoms with Gasteiger partial charge in [-0.3, -0.25) is 4.99 Å². The lowest BCUT2D eigenvalue weighted by molar-refractivity contribution is 0.580. The number of thioether (sulfide) groups is 1. The molecule has 0 aliphatic carbocycles. The van der Waals surface area contributed by atoms with E-state index < -0.39 is 0 Å². The van der Waals surface area contributed by atoms with Crippen LogP contribution in [0, 0.1) is 5.41 Å². The van der Waals surface area contributed by atoms with Gasteiger partial charge in [-0.2, -0.15) is 11.8 Å². The summed E-state index contributed by atoms with van der Waals surface area (Å²) in [5.41, 5.74) is 5.90. The van der Waals surface area contributed by atoms with Crippen LogP contribution in [0.25, 0.3) is 0 Å². The first kappa shape index (κ1) is 10.9. The Labute approximate surface area is 85.4 Å². The number of hydrogen-bond acceptors (Lipinski definition) is 2. The van der Waals surface area contributed by atoms with Crippen LogP contribution in [0.4, 0.5) is 0 Å². The van der Waals surface area contributed by atoms with E-state index in [-0.39, 0.29) is 5.41 Å². The first-order valence-electron chi connectivity index (χ1n) is 4.92. The third-order valence-electron chi connectivity index (χ3n) is 2.26. The molecule has 13 heavy (non-hydrogen) atoms. The second-order valence-corrected chi connectivity index (χ2v) is 6.02. The number of amidine groups is 1. The van der Waals surface area contributed by atoms with Crippen LogP contribution in [0.15, 0.2) is 4.99 Å². The second kappa shape index (κ2) is 4.36. The van der Waals surface area contributed by atoms with Gasteiger partial charge in [-0.25, -0.2) is 0 Å². The predicted octanol–water partition coefficient (Wildman–Crippen LogP) is 2.29. The van der Waals surface area contributed by atoms with E-state index in [2.05, 4.69) is 25.8 Å². The van der Waals surface area contributed by atoms with Gasteiger partial charge in [-0.15, -0.1) is 0 Å². The largest absolute Gasteiger partial charge is 0.387 e. The number of aliphatic imine (C=N–C) groups is 1. The molecule has 1 atom stereocenters. The Morgan fingerprint density at radius 2 is 2.23 bits per heavy atom. The summed E-state index contributed by atoms with van der Waals surface area (Å²) >= 11 is 2.03. The minimum absolute atomic E-state index is 0.0310. The lowest BCUT2D eigenvalue weighted by atomic mass is 9.95. The molecule has 3 heteroatoms. The topological polar surface area (TPSA) is 38.4 Å². The molecule has 0 saturated carbocycles. The molecule has 0 bridgehead atoms. The maximum Gasteiger partial charge on any atom is 0.0991 e. The molecule has 1 unspecified atom stereocenters. The quantitative estimate of drug-likeness (QED) is 0.548. The van der Waals surface area contributed by atoms with Gasteiger partial charge in [0.1, 0.15) is 0 Å². The second-order valence-electron chi connectivity index (χ2n) is 4.61. The highest BCUT2D eigenvalue weighted by Gasteiger charge is 2.18. The first-order valence-corrected chi connectivity index (χ1v) is 5.97. The molecule has 1 aliphatic heterocycles. The smallest absolute Gasteiger partial charge is 0.0991 e. The summed E-state index contributed by atoms with van der Waals surface area (Å²) in [5, 5.41) is 0.723. The third-order valence-corrected chi connectivity index (χ3v) is 3.64. The van der Waals surface area contributed by atoms with Gasteiger partial charge in [-0.1, -0.05) is 20.8 Å². The van der Waals surface area contributed by atoms with Crippen LogP contribution in [0.5, 0.6) is 0 Å². The molecule has 2 nitrogen and oxygen atoms in total. The summed E-state index contributed by atoms with van der Waals surface area (Å²) in [7, 11) is 0. The van der Waals surface area contributed by atoms with Crippen LogP contribution >= 0.6 is 11.8 Å². The number of hydrogen-bond donors (Lipinski definition) is 1. The van der Waals surface area contributed by atoms with E-state index in [0.717, 1.165) is 17.6 Å². The van der Waals surface area contributed by atoms with Crippen LogP contribution in [-0.4, -0.2) is 23.4 Å². The van der Waals surface area contributed by atoms with E-state index in [1.807, 2.05) is 11.8 Å². The molecule has 1 aliphatic rings. The average Bonchev–Trinajstić information content (AvgIpc) is 2.50. The lowest BCUT2D eigenvalue weighted by Crippen LogP contribution is -2.29. The van der Waals surface area contributed by atoms with Gasteiger partial charge in [0.05, 0.1) is 12.4 Å². The van der Waals surface area contributed by atoms with E-state index in [9.17, 15) is 0 Å². The van der Waals surface area contributed by atoms with Crippen LogP contribution in [-0.2, 0) is 0 Å². The fourth-order valence-corrected chi connectivity index (χ4v) is 2.41. The summed E-state index contributed by atoms with van der Waals surface area (Å²) in [6.45, 7) is 7.22. The van der Waals surface area contributed by atoms with Crippen LogP contribution < -0.4 is 5.73 Å². The summed E-state index contributed by atoms with van der Waals surface area (Å²) in [6.07, 6.45) is 2.66. The highest BCUT2D eigenvalue weighted by molar-refractivity contribution is 8.00. The number of nitrogens with two attached hydrogens (primary N) is 1. The molecular formula is C10H20N2S. The predicted molar refractivity (Wildman–Crippen MR) is 61.4 cm³/mol. The van der Waals surface area contributed by atoms with Gasteiger partial charge < -0.3 is 5.73 Å². The molecule has 0 spiro atoms. The number of rotatable bonds is 2. The van der Waals surface area contributed by atoms with Crippen molar-refractivity contribution >= 4 is 17.6 Å². The minimum atomic E-state index is 0.0310. The molecule has 76 valence electrons. The standard InChI is InChI=1S/C10H20N2S/c1-10(2,3)9(11)12-7-8-5-4-6-13-8/h8H,4-7H2,1-3H3,(H2,11,12). The highest BCUT2D eigenvalue weighted by Crippen LogP contribution is 2.26. The Kier molecular flexibility index (Phi) is 3.65. The molecule has 0 aromatic carbocycles. The van der Waals surface area contributed by atoms with Crippen LogP contribution in [0.1, 0.15) is 33.6 Å². The average molecular weight is 200 g/mol. The highest BCUT2D eigenvalue weighted by atomic mass is 32.2. The van der Waals surface area contributed by atoms with E-state index in [0.29, 0.717) is 0 Å². The third kappa shape index (κ3) is 3.59.